The fourth-order valence-electron chi connectivity index (χ4n) is 3.19. The van der Waals surface area contributed by atoms with Crippen LogP contribution < -0.4 is 19.1 Å². The average Bonchev–Trinajstić information content (AvgIpc) is 2.82. The number of nitrogens with one attached hydrogen (secondary N) is 1. The van der Waals surface area contributed by atoms with E-state index in [0.29, 0.717) is 4.31 Å². The van der Waals surface area contributed by atoms with Crippen molar-refractivity contribution in [1.82, 2.24) is 0 Å². The molecule has 0 fully saturated rings. The molecular formula is C23H20F4N2O5S. The predicted molar refractivity (Wildman–Crippen MR) is 121 cm³/mol. The molecule has 0 saturated heterocycles. The van der Waals surface area contributed by atoms with Crippen molar-refractivity contribution in [1.29, 1.82) is 0 Å². The van der Waals surface area contributed by atoms with Crippen molar-refractivity contribution in [3.63, 3.8) is 0 Å². The number of amides is 1. The Hall–Kier alpha value is -3.80. The van der Waals surface area contributed by atoms with E-state index in [-0.39, 0.29) is 22.1 Å². The maximum absolute atomic E-state index is 13.5. The van der Waals surface area contributed by atoms with Crippen molar-refractivity contribution in [3.05, 3.63) is 78.1 Å². The van der Waals surface area contributed by atoms with Crippen LogP contribution in [0.2, 0.25) is 0 Å². The number of rotatable bonds is 8. The van der Waals surface area contributed by atoms with Crippen LogP contribution in [0, 0.1) is 5.82 Å². The molecule has 0 saturated carbocycles. The molecule has 35 heavy (non-hydrogen) atoms. The molecule has 0 bridgehead atoms. The Balaban J connectivity index is 2.00. The van der Waals surface area contributed by atoms with Crippen molar-refractivity contribution in [2.45, 2.75) is 11.1 Å². The standard InChI is InChI=1S/C23H20F4N2O5S/c1-33-20-12-11-17(13-21(20)34-2)35(31,32)29(16-9-7-15(24)8-10-16)14-22(30)28-19-6-4-3-5-18(19)23(25,26)27/h3-13H,14H2,1-2H3,(H,28,30). The van der Waals surface area contributed by atoms with Gasteiger partial charge in [-0.1, -0.05) is 12.1 Å². The number of methoxy groups -OCH3 is 2. The van der Waals surface area contributed by atoms with Crippen LogP contribution >= 0.6 is 0 Å². The molecule has 0 heterocycles. The number of halogens is 4. The number of para-hydroxylation sites is 1. The largest absolute Gasteiger partial charge is 0.493 e. The van der Waals surface area contributed by atoms with Gasteiger partial charge in [-0.2, -0.15) is 13.2 Å². The SMILES string of the molecule is COc1ccc(S(=O)(=O)N(CC(=O)Nc2ccccc2C(F)(F)F)c2ccc(F)cc2)cc1OC. The normalized spacial score (nSPS) is 11.6. The molecule has 0 aliphatic rings. The van der Waals surface area contributed by atoms with Crippen LogP contribution in [-0.4, -0.2) is 35.1 Å². The third-order valence-electron chi connectivity index (χ3n) is 4.85. The second kappa shape index (κ2) is 10.2. The van der Waals surface area contributed by atoms with Gasteiger partial charge in [0.05, 0.1) is 36.1 Å². The Morgan fingerprint density at radius 1 is 0.943 bits per heavy atom. The predicted octanol–water partition coefficient (Wildman–Crippen LogP) is 4.70. The highest BCUT2D eigenvalue weighted by Gasteiger charge is 2.34. The minimum Gasteiger partial charge on any atom is -0.493 e. The lowest BCUT2D eigenvalue weighted by molar-refractivity contribution is -0.137. The van der Waals surface area contributed by atoms with Crippen LogP contribution in [0.1, 0.15) is 5.56 Å². The molecule has 0 aromatic heterocycles. The molecule has 0 radical (unpaired) electrons. The van der Waals surface area contributed by atoms with Gasteiger partial charge in [0.25, 0.3) is 10.0 Å². The minimum atomic E-state index is -4.74. The van der Waals surface area contributed by atoms with Crippen molar-refractivity contribution < 1.29 is 40.2 Å². The fraction of sp³-hybridized carbons (Fsp3) is 0.174. The molecule has 0 unspecified atom stereocenters. The van der Waals surface area contributed by atoms with Gasteiger partial charge in [-0.05, 0) is 48.5 Å². The highest BCUT2D eigenvalue weighted by molar-refractivity contribution is 7.92. The molecule has 1 N–H and O–H groups in total. The number of alkyl halides is 3. The van der Waals surface area contributed by atoms with Gasteiger partial charge in [-0.3, -0.25) is 9.10 Å². The highest BCUT2D eigenvalue weighted by Crippen LogP contribution is 2.35. The molecule has 186 valence electrons. The van der Waals surface area contributed by atoms with Crippen molar-refractivity contribution >= 4 is 27.3 Å². The topological polar surface area (TPSA) is 84.9 Å². The fourth-order valence-corrected chi connectivity index (χ4v) is 4.62. The monoisotopic (exact) mass is 512 g/mol. The van der Waals surface area contributed by atoms with Gasteiger partial charge in [0.1, 0.15) is 12.4 Å². The van der Waals surface area contributed by atoms with Crippen LogP contribution in [-0.2, 0) is 21.0 Å². The van der Waals surface area contributed by atoms with Gasteiger partial charge >= 0.3 is 6.18 Å². The zero-order valence-corrected chi connectivity index (χ0v) is 19.3. The summed E-state index contributed by atoms with van der Waals surface area (Å²) in [4.78, 5) is 12.5. The Morgan fingerprint density at radius 2 is 1.57 bits per heavy atom. The van der Waals surface area contributed by atoms with E-state index in [1.165, 1.54) is 38.5 Å². The number of benzene rings is 3. The van der Waals surface area contributed by atoms with Gasteiger partial charge in [0.15, 0.2) is 11.5 Å². The maximum atomic E-state index is 13.5. The number of sulfonamides is 1. The first kappa shape index (κ1) is 25.8. The number of carbonyl (C=O) groups excluding carboxylic acids is 1. The van der Waals surface area contributed by atoms with E-state index in [1.54, 1.807) is 0 Å². The number of hydrogen-bond acceptors (Lipinski definition) is 5. The molecular weight excluding hydrogens is 492 g/mol. The third-order valence-corrected chi connectivity index (χ3v) is 6.62. The number of hydrogen-bond donors (Lipinski definition) is 1. The van der Waals surface area contributed by atoms with E-state index in [4.69, 9.17) is 9.47 Å². The van der Waals surface area contributed by atoms with Gasteiger partial charge in [-0.25, -0.2) is 12.8 Å². The second-order valence-electron chi connectivity index (χ2n) is 7.10. The summed E-state index contributed by atoms with van der Waals surface area (Å²) in [6.45, 7) is -0.894. The highest BCUT2D eigenvalue weighted by atomic mass is 32.2. The van der Waals surface area contributed by atoms with E-state index in [9.17, 15) is 30.8 Å². The number of ether oxygens (including phenoxy) is 2. The molecule has 0 spiro atoms. The Morgan fingerprint density at radius 3 is 2.17 bits per heavy atom. The Kier molecular flexibility index (Phi) is 7.54. The summed E-state index contributed by atoms with van der Waals surface area (Å²) in [5, 5.41) is 2.11. The number of anilines is 2. The lowest BCUT2D eigenvalue weighted by Crippen LogP contribution is -2.38. The van der Waals surface area contributed by atoms with Crippen LogP contribution in [0.15, 0.2) is 71.6 Å². The summed E-state index contributed by atoms with van der Waals surface area (Å²) in [5.74, 6) is -1.35. The molecule has 3 aromatic carbocycles. The molecule has 0 aliphatic carbocycles. The summed E-state index contributed by atoms with van der Waals surface area (Å²) in [7, 11) is -1.79. The number of nitrogens with zero attached hydrogens (tertiary/aromatic N) is 1. The van der Waals surface area contributed by atoms with Crippen LogP contribution in [0.3, 0.4) is 0 Å². The first-order valence-electron chi connectivity index (χ1n) is 9.93. The van der Waals surface area contributed by atoms with Gasteiger partial charge in [0.2, 0.25) is 5.91 Å². The van der Waals surface area contributed by atoms with E-state index in [0.717, 1.165) is 42.5 Å². The third kappa shape index (κ3) is 5.83. The van der Waals surface area contributed by atoms with Crippen LogP contribution in [0.4, 0.5) is 28.9 Å². The lowest BCUT2D eigenvalue weighted by atomic mass is 10.1. The minimum absolute atomic E-state index is 0.0829. The zero-order valence-electron chi connectivity index (χ0n) is 18.5. The number of carbonyl (C=O) groups is 1. The maximum Gasteiger partial charge on any atom is 0.418 e. The summed E-state index contributed by atoms with van der Waals surface area (Å²) < 4.78 is 91.2. The molecule has 12 heteroatoms. The average molecular weight is 512 g/mol. The van der Waals surface area contributed by atoms with Gasteiger partial charge < -0.3 is 14.8 Å². The lowest BCUT2D eigenvalue weighted by Gasteiger charge is -2.25. The molecule has 0 aliphatic heterocycles. The summed E-state index contributed by atoms with van der Waals surface area (Å²) in [6, 6.07) is 12.2. The van der Waals surface area contributed by atoms with E-state index >= 15 is 0 Å². The van der Waals surface area contributed by atoms with Crippen molar-refractivity contribution in [2.75, 3.05) is 30.4 Å². The first-order chi connectivity index (χ1) is 16.5. The van der Waals surface area contributed by atoms with Crippen molar-refractivity contribution in [3.8, 4) is 11.5 Å². The molecule has 7 nitrogen and oxygen atoms in total. The van der Waals surface area contributed by atoms with E-state index < -0.39 is 45.7 Å². The van der Waals surface area contributed by atoms with Gasteiger partial charge in [-0.15, -0.1) is 0 Å². The molecule has 3 aromatic rings. The summed E-state index contributed by atoms with van der Waals surface area (Å²) >= 11 is 0. The van der Waals surface area contributed by atoms with E-state index in [2.05, 4.69) is 5.32 Å². The van der Waals surface area contributed by atoms with Crippen LogP contribution in [0.25, 0.3) is 0 Å². The van der Waals surface area contributed by atoms with E-state index in [1.807, 2.05) is 0 Å². The summed E-state index contributed by atoms with van der Waals surface area (Å²) in [5.41, 5.74) is -1.71. The molecule has 0 atom stereocenters. The second-order valence-corrected chi connectivity index (χ2v) is 8.96. The molecule has 1 amide bonds. The first-order valence-corrected chi connectivity index (χ1v) is 11.4. The quantitative estimate of drug-likeness (QED) is 0.443. The zero-order chi connectivity index (χ0) is 25.8. The Labute approximate surface area is 198 Å². The smallest absolute Gasteiger partial charge is 0.418 e. The molecule has 3 rings (SSSR count). The summed E-state index contributed by atoms with van der Waals surface area (Å²) in [6.07, 6.45) is -4.74. The van der Waals surface area contributed by atoms with Crippen LogP contribution in [0.5, 0.6) is 11.5 Å². The van der Waals surface area contributed by atoms with Crippen molar-refractivity contribution in [2.24, 2.45) is 0 Å². The van der Waals surface area contributed by atoms with Gasteiger partial charge in [0, 0.05) is 6.07 Å². The Bertz CT molecular complexity index is 1310.